The normalized spacial score (nSPS) is 10.3. The number of methoxy groups -OCH3 is 1. The van der Waals surface area contributed by atoms with Crippen molar-refractivity contribution in [2.24, 2.45) is 5.92 Å². The molecule has 0 aliphatic carbocycles. The molecule has 1 N–H and O–H groups in total. The van der Waals surface area contributed by atoms with Crippen LogP contribution in [-0.4, -0.2) is 38.2 Å². The van der Waals surface area contributed by atoms with Gasteiger partial charge in [0.05, 0.1) is 24.8 Å². The lowest BCUT2D eigenvalue weighted by atomic mass is 10.1. The van der Waals surface area contributed by atoms with Crippen molar-refractivity contribution in [1.82, 2.24) is 5.32 Å². The van der Waals surface area contributed by atoms with Crippen LogP contribution in [0.2, 0.25) is 0 Å². The SMILES string of the molecule is COC(=O)c1ccc(CNC(=O)COC(=O)c2ccc(OCC(C)C)cc2)cc1. The lowest BCUT2D eigenvalue weighted by Crippen LogP contribution is -2.28. The van der Waals surface area contributed by atoms with E-state index < -0.39 is 17.8 Å². The zero-order valence-electron chi connectivity index (χ0n) is 16.8. The monoisotopic (exact) mass is 399 g/mol. The summed E-state index contributed by atoms with van der Waals surface area (Å²) in [6.45, 7) is 4.56. The number of nitrogens with one attached hydrogen (secondary N) is 1. The molecule has 0 bridgehead atoms. The third-order valence-electron chi connectivity index (χ3n) is 3.87. The number of ether oxygens (including phenoxy) is 3. The molecule has 154 valence electrons. The minimum Gasteiger partial charge on any atom is -0.493 e. The summed E-state index contributed by atoms with van der Waals surface area (Å²) in [6, 6.07) is 13.2. The first kappa shape index (κ1) is 21.9. The fraction of sp³-hybridized carbons (Fsp3) is 0.318. The Kier molecular flexibility index (Phi) is 8.21. The Morgan fingerprint density at radius 3 is 2.07 bits per heavy atom. The number of esters is 2. The van der Waals surface area contributed by atoms with Crippen LogP contribution in [0.3, 0.4) is 0 Å². The average Bonchev–Trinajstić information content (AvgIpc) is 2.74. The Bertz CT molecular complexity index is 827. The van der Waals surface area contributed by atoms with Gasteiger partial charge in [0.25, 0.3) is 5.91 Å². The van der Waals surface area contributed by atoms with Crippen LogP contribution in [0.4, 0.5) is 0 Å². The van der Waals surface area contributed by atoms with E-state index >= 15 is 0 Å². The molecule has 0 heterocycles. The Hall–Kier alpha value is -3.35. The Morgan fingerprint density at radius 2 is 1.48 bits per heavy atom. The summed E-state index contributed by atoms with van der Waals surface area (Å²) in [5, 5.41) is 2.65. The van der Waals surface area contributed by atoms with Gasteiger partial charge in [-0.1, -0.05) is 26.0 Å². The molecule has 0 spiro atoms. The number of hydrogen-bond acceptors (Lipinski definition) is 6. The highest BCUT2D eigenvalue weighted by Gasteiger charge is 2.11. The fourth-order valence-corrected chi connectivity index (χ4v) is 2.29. The molecule has 0 unspecified atom stereocenters. The van der Waals surface area contributed by atoms with E-state index in [4.69, 9.17) is 9.47 Å². The summed E-state index contributed by atoms with van der Waals surface area (Å²) in [5.41, 5.74) is 1.57. The largest absolute Gasteiger partial charge is 0.493 e. The van der Waals surface area contributed by atoms with Crippen molar-refractivity contribution >= 4 is 17.8 Å². The van der Waals surface area contributed by atoms with Crippen molar-refractivity contribution in [2.45, 2.75) is 20.4 Å². The molecule has 0 saturated carbocycles. The van der Waals surface area contributed by atoms with Crippen molar-refractivity contribution < 1.29 is 28.6 Å². The predicted octanol–water partition coefficient (Wildman–Crippen LogP) is 2.98. The number of amides is 1. The average molecular weight is 399 g/mol. The van der Waals surface area contributed by atoms with E-state index in [1.165, 1.54) is 7.11 Å². The number of rotatable bonds is 9. The molecule has 0 saturated heterocycles. The van der Waals surface area contributed by atoms with E-state index in [0.29, 0.717) is 29.4 Å². The molecule has 0 aliphatic heterocycles. The molecule has 0 fully saturated rings. The third-order valence-corrected chi connectivity index (χ3v) is 3.87. The van der Waals surface area contributed by atoms with Crippen molar-refractivity contribution in [1.29, 1.82) is 0 Å². The molecule has 2 aromatic carbocycles. The van der Waals surface area contributed by atoms with Crippen LogP contribution >= 0.6 is 0 Å². The summed E-state index contributed by atoms with van der Waals surface area (Å²) in [4.78, 5) is 35.3. The van der Waals surface area contributed by atoms with Gasteiger partial charge >= 0.3 is 11.9 Å². The van der Waals surface area contributed by atoms with Crippen LogP contribution in [0, 0.1) is 5.92 Å². The quantitative estimate of drug-likeness (QED) is 0.652. The summed E-state index contributed by atoms with van der Waals surface area (Å²) in [5.74, 6) is -0.354. The summed E-state index contributed by atoms with van der Waals surface area (Å²) < 4.78 is 15.2. The van der Waals surface area contributed by atoms with Gasteiger partial charge in [0, 0.05) is 6.54 Å². The van der Waals surface area contributed by atoms with Crippen LogP contribution in [0.25, 0.3) is 0 Å². The highest BCUT2D eigenvalue weighted by Crippen LogP contribution is 2.14. The maximum Gasteiger partial charge on any atom is 0.338 e. The van der Waals surface area contributed by atoms with Gasteiger partial charge in [0.1, 0.15) is 5.75 Å². The van der Waals surface area contributed by atoms with Crippen LogP contribution < -0.4 is 10.1 Å². The molecular weight excluding hydrogens is 374 g/mol. The summed E-state index contributed by atoms with van der Waals surface area (Å²) in [7, 11) is 1.31. The standard InChI is InChI=1S/C22H25NO6/c1-15(2)13-28-19-10-8-18(9-11-19)22(26)29-14-20(24)23-12-16-4-6-17(7-5-16)21(25)27-3/h4-11,15H,12-14H2,1-3H3,(H,23,24). The lowest BCUT2D eigenvalue weighted by molar-refractivity contribution is -0.124. The first-order chi connectivity index (χ1) is 13.9. The number of hydrogen-bond donors (Lipinski definition) is 1. The zero-order chi connectivity index (χ0) is 21.2. The van der Waals surface area contributed by atoms with Crippen LogP contribution in [0.1, 0.15) is 40.1 Å². The second kappa shape index (κ2) is 10.8. The molecule has 2 rings (SSSR count). The topological polar surface area (TPSA) is 90.9 Å². The fourth-order valence-electron chi connectivity index (χ4n) is 2.29. The lowest BCUT2D eigenvalue weighted by Gasteiger charge is -2.09. The van der Waals surface area contributed by atoms with Crippen LogP contribution in [0.5, 0.6) is 5.75 Å². The van der Waals surface area contributed by atoms with Crippen molar-refractivity contribution in [3.63, 3.8) is 0 Å². The number of carbonyl (C=O) groups is 3. The van der Waals surface area contributed by atoms with E-state index in [1.807, 2.05) is 13.8 Å². The third kappa shape index (κ3) is 7.29. The van der Waals surface area contributed by atoms with Gasteiger partial charge in [0.2, 0.25) is 0 Å². The van der Waals surface area contributed by atoms with Crippen molar-refractivity contribution in [2.75, 3.05) is 20.3 Å². The predicted molar refractivity (Wildman–Crippen MR) is 107 cm³/mol. The minimum atomic E-state index is -0.585. The van der Waals surface area contributed by atoms with Gasteiger partial charge in [-0.25, -0.2) is 9.59 Å². The Labute approximate surface area is 170 Å². The molecule has 7 heteroatoms. The molecule has 0 radical (unpaired) electrons. The van der Waals surface area contributed by atoms with Gasteiger partial charge < -0.3 is 19.5 Å². The maximum absolute atomic E-state index is 12.0. The van der Waals surface area contributed by atoms with Crippen LogP contribution in [-0.2, 0) is 20.8 Å². The smallest absolute Gasteiger partial charge is 0.338 e. The summed E-state index contributed by atoms with van der Waals surface area (Å²) in [6.07, 6.45) is 0. The van der Waals surface area contributed by atoms with Crippen molar-refractivity contribution in [3.8, 4) is 5.75 Å². The van der Waals surface area contributed by atoms with E-state index in [0.717, 1.165) is 5.56 Å². The molecule has 0 aromatic heterocycles. The zero-order valence-corrected chi connectivity index (χ0v) is 16.8. The molecule has 7 nitrogen and oxygen atoms in total. The van der Waals surface area contributed by atoms with E-state index in [-0.39, 0.29) is 13.2 Å². The van der Waals surface area contributed by atoms with Crippen molar-refractivity contribution in [3.05, 3.63) is 65.2 Å². The van der Waals surface area contributed by atoms with Gasteiger partial charge in [-0.05, 0) is 47.9 Å². The molecule has 1 amide bonds. The number of carbonyl (C=O) groups excluding carboxylic acids is 3. The van der Waals surface area contributed by atoms with E-state index in [9.17, 15) is 14.4 Å². The first-order valence-corrected chi connectivity index (χ1v) is 9.23. The van der Waals surface area contributed by atoms with E-state index in [1.54, 1.807) is 48.5 Å². The Morgan fingerprint density at radius 1 is 0.897 bits per heavy atom. The Balaban J connectivity index is 1.75. The first-order valence-electron chi connectivity index (χ1n) is 9.23. The second-order valence-corrected chi connectivity index (χ2v) is 6.77. The maximum atomic E-state index is 12.0. The van der Waals surface area contributed by atoms with Gasteiger partial charge in [0.15, 0.2) is 6.61 Å². The van der Waals surface area contributed by atoms with E-state index in [2.05, 4.69) is 10.1 Å². The highest BCUT2D eigenvalue weighted by molar-refractivity contribution is 5.91. The molecule has 29 heavy (non-hydrogen) atoms. The minimum absolute atomic E-state index is 0.250. The van der Waals surface area contributed by atoms with Gasteiger partial charge in [-0.3, -0.25) is 4.79 Å². The van der Waals surface area contributed by atoms with Gasteiger partial charge in [-0.15, -0.1) is 0 Å². The van der Waals surface area contributed by atoms with Crippen LogP contribution in [0.15, 0.2) is 48.5 Å². The van der Waals surface area contributed by atoms with Gasteiger partial charge in [-0.2, -0.15) is 0 Å². The molecular formula is C22H25NO6. The molecule has 2 aromatic rings. The second-order valence-electron chi connectivity index (χ2n) is 6.77. The molecule has 0 atom stereocenters. The number of benzene rings is 2. The highest BCUT2D eigenvalue weighted by atomic mass is 16.5. The molecule has 0 aliphatic rings. The summed E-state index contributed by atoms with van der Waals surface area (Å²) >= 11 is 0.